The summed E-state index contributed by atoms with van der Waals surface area (Å²) in [6.07, 6.45) is 4.96. The number of fused-ring (bicyclic) bond motifs is 1. The maximum Gasteiger partial charge on any atom is 0.411 e. The number of ether oxygens (including phenoxy) is 1. The fourth-order valence-corrected chi connectivity index (χ4v) is 2.76. The van der Waals surface area contributed by atoms with Gasteiger partial charge >= 0.3 is 6.09 Å². The second-order valence-electron chi connectivity index (χ2n) is 6.91. The summed E-state index contributed by atoms with van der Waals surface area (Å²) in [5, 5.41) is 15.6. The molecule has 0 saturated heterocycles. The maximum atomic E-state index is 10.8. The van der Waals surface area contributed by atoms with Crippen LogP contribution in [0.2, 0.25) is 5.15 Å². The lowest BCUT2D eigenvalue weighted by atomic mass is 10.1. The number of aromatic nitrogens is 4. The fourth-order valence-electron chi connectivity index (χ4n) is 2.65. The van der Waals surface area contributed by atoms with Crippen LogP contribution in [0.15, 0.2) is 60.8 Å². The summed E-state index contributed by atoms with van der Waals surface area (Å²) in [6, 6.07) is 16.5. The summed E-state index contributed by atoms with van der Waals surface area (Å²) in [7, 11) is 0. The second kappa shape index (κ2) is 9.44. The van der Waals surface area contributed by atoms with Gasteiger partial charge in [0.2, 0.25) is 0 Å². The van der Waals surface area contributed by atoms with Crippen molar-refractivity contribution in [2.24, 2.45) is 0 Å². The van der Waals surface area contributed by atoms with Crippen molar-refractivity contribution in [1.29, 1.82) is 0 Å². The molecule has 0 radical (unpaired) electrons. The van der Waals surface area contributed by atoms with Crippen LogP contribution in [0.5, 0.6) is 5.75 Å². The molecule has 3 aromatic heterocycles. The average molecular weight is 438 g/mol. The molecule has 1 aromatic carbocycles. The summed E-state index contributed by atoms with van der Waals surface area (Å²) >= 11 is 5.78. The molecule has 0 spiro atoms. The Kier molecular flexibility index (Phi) is 6.28. The van der Waals surface area contributed by atoms with E-state index >= 15 is 0 Å². The number of benzene rings is 1. The summed E-state index contributed by atoms with van der Waals surface area (Å²) in [5.74, 6) is 0.731. The lowest BCUT2D eigenvalue weighted by molar-refractivity contribution is 0.209. The van der Waals surface area contributed by atoms with E-state index in [0.29, 0.717) is 23.2 Å². The normalized spacial score (nSPS) is 12.0. The van der Waals surface area contributed by atoms with E-state index in [1.54, 1.807) is 22.8 Å². The lowest BCUT2D eigenvalue weighted by Crippen LogP contribution is -2.08. The number of amides is 1. The highest BCUT2D eigenvalue weighted by atomic mass is 35.5. The van der Waals surface area contributed by atoms with Gasteiger partial charge in [0.25, 0.3) is 5.95 Å². The first-order valence-corrected chi connectivity index (χ1v) is 10.2. The molecule has 8 nitrogen and oxygen atoms in total. The minimum absolute atomic E-state index is 0.0245. The van der Waals surface area contributed by atoms with Crippen LogP contribution in [0, 0.1) is 0 Å². The van der Waals surface area contributed by atoms with E-state index in [0.717, 1.165) is 16.8 Å². The van der Waals surface area contributed by atoms with Gasteiger partial charge in [-0.1, -0.05) is 43.0 Å². The topological polar surface area (TPSA) is 102 Å². The number of carbonyl (C=O) groups is 1. The number of anilines is 1. The van der Waals surface area contributed by atoms with E-state index in [1.165, 1.54) is 19.3 Å². The SMILES string of the molecule is C1CC1.O=C(O)Nc1nc2cccc(-c3ccc(OCc4ccc(Cl)nc4)cc3)n2n1. The van der Waals surface area contributed by atoms with Gasteiger partial charge in [0, 0.05) is 17.3 Å². The fraction of sp³-hybridized carbons (Fsp3) is 0.182. The average Bonchev–Trinajstić information content (AvgIpc) is 3.59. The Labute approximate surface area is 183 Å². The van der Waals surface area contributed by atoms with Gasteiger partial charge in [-0.2, -0.15) is 4.98 Å². The standard InChI is InChI=1S/C19H14ClN5O3.C3H6/c20-16-9-4-12(10-21-16)11-28-14-7-5-13(6-8-14)15-2-1-3-17-22-18(23-19(26)27)24-25(15)17;1-2-3-1/h1-10H,11H2,(H,23,24)(H,26,27);1-3H2. The van der Waals surface area contributed by atoms with Gasteiger partial charge in [0.05, 0.1) is 5.69 Å². The van der Waals surface area contributed by atoms with Crippen molar-refractivity contribution < 1.29 is 14.6 Å². The molecule has 5 rings (SSSR count). The monoisotopic (exact) mass is 437 g/mol. The third-order valence-corrected chi connectivity index (χ3v) is 4.50. The van der Waals surface area contributed by atoms with Crippen LogP contribution < -0.4 is 10.1 Å². The van der Waals surface area contributed by atoms with E-state index in [4.69, 9.17) is 21.4 Å². The molecule has 1 aliphatic carbocycles. The van der Waals surface area contributed by atoms with Crippen LogP contribution >= 0.6 is 11.6 Å². The molecule has 3 heterocycles. The Balaban J connectivity index is 0.000000710. The van der Waals surface area contributed by atoms with Crippen molar-refractivity contribution in [3.05, 3.63) is 71.5 Å². The third kappa shape index (κ3) is 5.70. The molecular weight excluding hydrogens is 418 g/mol. The van der Waals surface area contributed by atoms with Gasteiger partial charge in [0.1, 0.15) is 17.5 Å². The van der Waals surface area contributed by atoms with Crippen molar-refractivity contribution in [2.75, 3.05) is 5.32 Å². The first-order chi connectivity index (χ1) is 15.1. The van der Waals surface area contributed by atoms with Crippen LogP contribution in [0.25, 0.3) is 16.9 Å². The van der Waals surface area contributed by atoms with E-state index in [1.807, 2.05) is 42.5 Å². The zero-order valence-corrected chi connectivity index (χ0v) is 17.3. The smallest absolute Gasteiger partial charge is 0.411 e. The Morgan fingerprint density at radius 2 is 1.87 bits per heavy atom. The number of hydrogen-bond acceptors (Lipinski definition) is 5. The van der Waals surface area contributed by atoms with Gasteiger partial charge in [-0.3, -0.25) is 5.32 Å². The van der Waals surface area contributed by atoms with E-state index in [9.17, 15) is 4.79 Å². The molecule has 1 saturated carbocycles. The highest BCUT2D eigenvalue weighted by molar-refractivity contribution is 6.29. The molecule has 1 amide bonds. The van der Waals surface area contributed by atoms with Crippen LogP contribution in [0.4, 0.5) is 10.7 Å². The zero-order valence-electron chi connectivity index (χ0n) is 16.5. The number of halogens is 1. The predicted octanol–water partition coefficient (Wildman–Crippen LogP) is 5.28. The number of pyridine rings is 2. The lowest BCUT2D eigenvalue weighted by Gasteiger charge is -2.08. The summed E-state index contributed by atoms with van der Waals surface area (Å²) in [6.45, 7) is 0.381. The molecule has 0 aliphatic heterocycles. The van der Waals surface area contributed by atoms with Crippen LogP contribution in [-0.2, 0) is 6.61 Å². The molecule has 31 heavy (non-hydrogen) atoms. The van der Waals surface area contributed by atoms with Crippen molar-refractivity contribution >= 4 is 29.3 Å². The molecule has 1 fully saturated rings. The van der Waals surface area contributed by atoms with E-state index in [-0.39, 0.29) is 5.95 Å². The van der Waals surface area contributed by atoms with Crippen molar-refractivity contribution in [2.45, 2.75) is 25.9 Å². The van der Waals surface area contributed by atoms with Crippen LogP contribution in [0.1, 0.15) is 24.8 Å². The maximum absolute atomic E-state index is 10.8. The predicted molar refractivity (Wildman–Crippen MR) is 118 cm³/mol. The Morgan fingerprint density at radius 3 is 2.52 bits per heavy atom. The van der Waals surface area contributed by atoms with E-state index < -0.39 is 6.09 Å². The van der Waals surface area contributed by atoms with Gasteiger partial charge in [-0.15, -0.1) is 5.10 Å². The number of nitrogens with one attached hydrogen (secondary N) is 1. The molecule has 0 atom stereocenters. The van der Waals surface area contributed by atoms with Crippen molar-refractivity contribution in [1.82, 2.24) is 19.6 Å². The molecular formula is C22H20ClN5O3. The Morgan fingerprint density at radius 1 is 1.10 bits per heavy atom. The minimum Gasteiger partial charge on any atom is -0.489 e. The first kappa shape index (κ1) is 20.6. The Hall–Kier alpha value is -3.65. The largest absolute Gasteiger partial charge is 0.489 e. The highest BCUT2D eigenvalue weighted by Gasteiger charge is 2.10. The molecule has 2 N–H and O–H groups in total. The number of nitrogens with zero attached hydrogens (tertiary/aromatic N) is 4. The summed E-state index contributed by atoms with van der Waals surface area (Å²) in [4.78, 5) is 19.0. The van der Waals surface area contributed by atoms with Crippen LogP contribution in [-0.4, -0.2) is 30.8 Å². The molecule has 0 unspecified atom stereocenters. The quantitative estimate of drug-likeness (QED) is 0.411. The number of hydrogen-bond donors (Lipinski definition) is 2. The second-order valence-corrected chi connectivity index (χ2v) is 7.30. The van der Waals surface area contributed by atoms with Gasteiger partial charge in [-0.25, -0.2) is 14.3 Å². The summed E-state index contributed by atoms with van der Waals surface area (Å²) < 4.78 is 7.35. The highest BCUT2D eigenvalue weighted by Crippen LogP contribution is 2.24. The minimum atomic E-state index is -1.21. The van der Waals surface area contributed by atoms with Crippen molar-refractivity contribution in [3.8, 4) is 17.0 Å². The molecule has 158 valence electrons. The summed E-state index contributed by atoms with van der Waals surface area (Å²) in [5.41, 5.74) is 3.12. The van der Waals surface area contributed by atoms with Gasteiger partial charge in [0.15, 0.2) is 5.65 Å². The number of rotatable bonds is 5. The molecule has 9 heteroatoms. The Bertz CT molecular complexity index is 1170. The number of carboxylic acid groups (broad SMARTS) is 1. The van der Waals surface area contributed by atoms with Crippen molar-refractivity contribution in [3.63, 3.8) is 0 Å². The molecule has 1 aliphatic rings. The third-order valence-electron chi connectivity index (χ3n) is 4.28. The molecule has 4 aromatic rings. The van der Waals surface area contributed by atoms with Gasteiger partial charge < -0.3 is 9.84 Å². The first-order valence-electron chi connectivity index (χ1n) is 9.78. The van der Waals surface area contributed by atoms with E-state index in [2.05, 4.69) is 20.4 Å². The van der Waals surface area contributed by atoms with Gasteiger partial charge in [-0.05, 0) is 42.5 Å². The molecule has 0 bridgehead atoms. The van der Waals surface area contributed by atoms with Crippen LogP contribution in [0.3, 0.4) is 0 Å². The zero-order chi connectivity index (χ0) is 21.6.